The van der Waals surface area contributed by atoms with Crippen molar-refractivity contribution in [3.63, 3.8) is 0 Å². The van der Waals surface area contributed by atoms with E-state index in [-0.39, 0.29) is 0 Å². The molecule has 1 aromatic carbocycles. The Labute approximate surface area is 124 Å². The van der Waals surface area contributed by atoms with E-state index in [9.17, 15) is 0 Å². The topological polar surface area (TPSA) is 18.5 Å². The fourth-order valence-corrected chi connectivity index (χ4v) is 2.06. The van der Waals surface area contributed by atoms with E-state index in [2.05, 4.69) is 45.0 Å². The number of ether oxygens (including phenoxy) is 2. The molecule has 0 aliphatic heterocycles. The van der Waals surface area contributed by atoms with Gasteiger partial charge in [-0.3, -0.25) is 0 Å². The van der Waals surface area contributed by atoms with Crippen LogP contribution in [0.25, 0.3) is 5.57 Å². The van der Waals surface area contributed by atoms with Gasteiger partial charge in [-0.25, -0.2) is 0 Å². The van der Waals surface area contributed by atoms with Crippen molar-refractivity contribution in [2.45, 2.75) is 0 Å². The van der Waals surface area contributed by atoms with Gasteiger partial charge in [0.05, 0.1) is 14.2 Å². The second-order valence-corrected chi connectivity index (χ2v) is 5.41. The lowest BCUT2D eigenvalue weighted by atomic mass is 10.0. The summed E-state index contributed by atoms with van der Waals surface area (Å²) < 4.78 is 12.3. The first-order valence-electron chi connectivity index (χ1n) is 5.13. The average Bonchev–Trinajstić information content (AvgIpc) is 2.34. The van der Waals surface area contributed by atoms with Gasteiger partial charge in [-0.1, -0.05) is 45.0 Å². The smallest absolute Gasteiger partial charge is 0.126 e. The SMILES string of the molecule is C=C(Br)/C=C(\C(=C)OC)c1cc(Br)ccc1OC. The predicted molar refractivity (Wildman–Crippen MR) is 82.9 cm³/mol. The van der Waals surface area contributed by atoms with Crippen molar-refractivity contribution in [1.29, 1.82) is 0 Å². The van der Waals surface area contributed by atoms with E-state index in [4.69, 9.17) is 9.47 Å². The van der Waals surface area contributed by atoms with E-state index in [1.165, 1.54) is 0 Å². The highest BCUT2D eigenvalue weighted by molar-refractivity contribution is 9.11. The number of hydrogen-bond acceptors (Lipinski definition) is 2. The minimum atomic E-state index is 0.548. The Bertz CT molecular complexity index is 505. The first kappa shape index (κ1) is 15.1. The maximum Gasteiger partial charge on any atom is 0.126 e. The first-order chi connectivity index (χ1) is 8.49. The monoisotopic (exact) mass is 372 g/mol. The lowest BCUT2D eigenvalue weighted by molar-refractivity contribution is 0.312. The second-order valence-electron chi connectivity index (χ2n) is 3.48. The Morgan fingerprint density at radius 2 is 1.94 bits per heavy atom. The molecule has 4 heteroatoms. The summed E-state index contributed by atoms with van der Waals surface area (Å²) in [6.45, 7) is 7.69. The molecule has 0 spiro atoms. The third-order valence-corrected chi connectivity index (χ3v) is 3.02. The lowest BCUT2D eigenvalue weighted by Gasteiger charge is -2.14. The van der Waals surface area contributed by atoms with Gasteiger partial charge in [0.1, 0.15) is 11.5 Å². The van der Waals surface area contributed by atoms with Crippen molar-refractivity contribution < 1.29 is 9.47 Å². The maximum atomic E-state index is 5.35. The van der Waals surface area contributed by atoms with Crippen molar-refractivity contribution in [2.24, 2.45) is 0 Å². The molecule has 1 aromatic rings. The standard InChI is InChI=1S/C14H14Br2O2/c1-9(15)7-12(10(2)17-3)13-8-11(16)5-6-14(13)18-4/h5-8H,1-2H2,3-4H3/b12-7+. The van der Waals surface area contributed by atoms with Crippen molar-refractivity contribution in [3.8, 4) is 5.75 Å². The highest BCUT2D eigenvalue weighted by atomic mass is 79.9. The minimum absolute atomic E-state index is 0.548. The summed E-state index contributed by atoms with van der Waals surface area (Å²) >= 11 is 6.76. The van der Waals surface area contributed by atoms with Crippen molar-refractivity contribution in [3.05, 3.63) is 57.7 Å². The highest BCUT2D eigenvalue weighted by Gasteiger charge is 2.13. The summed E-state index contributed by atoms with van der Waals surface area (Å²) in [5.41, 5.74) is 1.71. The van der Waals surface area contributed by atoms with Gasteiger partial charge in [-0.2, -0.15) is 0 Å². The zero-order valence-corrected chi connectivity index (χ0v) is 13.5. The van der Waals surface area contributed by atoms with Crippen molar-refractivity contribution in [1.82, 2.24) is 0 Å². The molecule has 2 nitrogen and oxygen atoms in total. The fraction of sp³-hybridized carbons (Fsp3) is 0.143. The molecule has 0 aliphatic rings. The van der Waals surface area contributed by atoms with Gasteiger partial charge in [-0.05, 0) is 24.3 Å². The van der Waals surface area contributed by atoms with Gasteiger partial charge in [0, 0.05) is 20.1 Å². The molecule has 0 heterocycles. The lowest BCUT2D eigenvalue weighted by Crippen LogP contribution is -1.96. The normalized spacial score (nSPS) is 11.0. The number of rotatable bonds is 5. The molecule has 0 unspecified atom stereocenters. The van der Waals surface area contributed by atoms with Crippen molar-refractivity contribution >= 4 is 37.4 Å². The summed E-state index contributed by atoms with van der Waals surface area (Å²) in [4.78, 5) is 0. The third-order valence-electron chi connectivity index (χ3n) is 2.30. The van der Waals surface area contributed by atoms with Gasteiger partial charge >= 0.3 is 0 Å². The Hall–Kier alpha value is -1.00. The molecular formula is C14H14Br2O2. The van der Waals surface area contributed by atoms with E-state index in [1.54, 1.807) is 14.2 Å². The van der Waals surface area contributed by atoms with Crippen LogP contribution in [0.1, 0.15) is 5.56 Å². The fourth-order valence-electron chi connectivity index (χ4n) is 1.47. The molecule has 0 radical (unpaired) electrons. The quantitative estimate of drug-likeness (QED) is 0.539. The van der Waals surface area contributed by atoms with Crippen LogP contribution in [0, 0.1) is 0 Å². The molecular weight excluding hydrogens is 360 g/mol. The molecule has 0 aliphatic carbocycles. The maximum absolute atomic E-state index is 5.35. The van der Waals surface area contributed by atoms with Crippen LogP contribution in [0.5, 0.6) is 5.75 Å². The number of benzene rings is 1. The van der Waals surface area contributed by atoms with Gasteiger partial charge < -0.3 is 9.47 Å². The average molecular weight is 374 g/mol. The van der Waals surface area contributed by atoms with Crippen LogP contribution in [0.2, 0.25) is 0 Å². The van der Waals surface area contributed by atoms with Gasteiger partial charge in [0.2, 0.25) is 0 Å². The van der Waals surface area contributed by atoms with E-state index in [1.807, 2.05) is 24.3 Å². The molecule has 18 heavy (non-hydrogen) atoms. The van der Waals surface area contributed by atoms with E-state index in [0.29, 0.717) is 5.76 Å². The molecule has 0 N–H and O–H groups in total. The van der Waals surface area contributed by atoms with Gasteiger partial charge in [0.25, 0.3) is 0 Å². The Morgan fingerprint density at radius 1 is 1.28 bits per heavy atom. The Balaban J connectivity index is 3.42. The van der Waals surface area contributed by atoms with Gasteiger partial charge in [-0.15, -0.1) is 0 Å². The second kappa shape index (κ2) is 6.81. The zero-order chi connectivity index (χ0) is 13.7. The summed E-state index contributed by atoms with van der Waals surface area (Å²) in [7, 11) is 3.21. The molecule has 0 amide bonds. The molecule has 0 fully saturated rings. The molecule has 0 saturated heterocycles. The Morgan fingerprint density at radius 3 is 2.44 bits per heavy atom. The van der Waals surface area contributed by atoms with Crippen LogP contribution in [-0.4, -0.2) is 14.2 Å². The predicted octanol–water partition coefficient (Wildman–Crippen LogP) is 4.91. The molecule has 96 valence electrons. The van der Waals surface area contributed by atoms with Crippen LogP contribution in [0.3, 0.4) is 0 Å². The van der Waals surface area contributed by atoms with Crippen LogP contribution >= 0.6 is 31.9 Å². The number of allylic oxidation sites excluding steroid dienone is 3. The largest absolute Gasteiger partial charge is 0.497 e. The molecule has 0 atom stereocenters. The Kier molecular flexibility index (Phi) is 5.69. The van der Waals surface area contributed by atoms with Crippen molar-refractivity contribution in [2.75, 3.05) is 14.2 Å². The van der Waals surface area contributed by atoms with Crippen LogP contribution in [0.4, 0.5) is 0 Å². The van der Waals surface area contributed by atoms with E-state index >= 15 is 0 Å². The minimum Gasteiger partial charge on any atom is -0.497 e. The first-order valence-corrected chi connectivity index (χ1v) is 6.71. The number of halogens is 2. The number of methoxy groups -OCH3 is 2. The third kappa shape index (κ3) is 3.75. The molecule has 1 rings (SSSR count). The summed E-state index contributed by atoms with van der Waals surface area (Å²) in [6.07, 6.45) is 1.84. The van der Waals surface area contributed by atoms with Crippen LogP contribution in [0.15, 0.2) is 52.1 Å². The molecule has 0 bridgehead atoms. The summed E-state index contributed by atoms with van der Waals surface area (Å²) in [6, 6.07) is 5.75. The van der Waals surface area contributed by atoms with Crippen LogP contribution < -0.4 is 4.74 Å². The van der Waals surface area contributed by atoms with E-state index < -0.39 is 0 Å². The number of hydrogen-bond donors (Lipinski definition) is 0. The van der Waals surface area contributed by atoms with E-state index in [0.717, 1.165) is 25.8 Å². The zero-order valence-electron chi connectivity index (χ0n) is 10.3. The highest BCUT2D eigenvalue weighted by Crippen LogP contribution is 2.34. The summed E-state index contributed by atoms with van der Waals surface area (Å²) in [5.74, 6) is 1.29. The van der Waals surface area contributed by atoms with Gasteiger partial charge in [0.15, 0.2) is 0 Å². The summed E-state index contributed by atoms with van der Waals surface area (Å²) in [5, 5.41) is 0. The van der Waals surface area contributed by atoms with Crippen LogP contribution in [-0.2, 0) is 4.74 Å². The molecule has 0 saturated carbocycles. The molecule has 0 aromatic heterocycles.